The zero-order valence-electron chi connectivity index (χ0n) is 15.8. The van der Waals surface area contributed by atoms with E-state index < -0.39 is 7.14 Å². The van der Waals surface area contributed by atoms with Crippen molar-refractivity contribution in [3.05, 3.63) is 78.9 Å². The second-order valence-electron chi connectivity index (χ2n) is 5.90. The van der Waals surface area contributed by atoms with Gasteiger partial charge in [-0.3, -0.25) is 0 Å². The summed E-state index contributed by atoms with van der Waals surface area (Å²) in [6.07, 6.45) is 7.38. The second-order valence-corrected chi connectivity index (χ2v) is 8.64. The van der Waals surface area contributed by atoms with Crippen molar-refractivity contribution >= 4 is 23.1 Å². The molecule has 30 heavy (non-hydrogen) atoms. The molecule has 0 saturated carbocycles. The third-order valence-electron chi connectivity index (χ3n) is 4.07. The summed E-state index contributed by atoms with van der Waals surface area (Å²) in [4.78, 5) is 0. The van der Waals surface area contributed by atoms with Gasteiger partial charge in [-0.25, -0.2) is 0 Å². The molecule has 0 bridgehead atoms. The Balaban J connectivity index is 1.97. The number of rotatable bonds is 4. The molecule has 0 saturated heterocycles. The van der Waals surface area contributed by atoms with Gasteiger partial charge in [0.1, 0.15) is 17.6 Å². The van der Waals surface area contributed by atoms with Crippen LogP contribution in [-0.2, 0) is 4.57 Å². The van der Waals surface area contributed by atoms with E-state index in [1.54, 1.807) is 36.4 Å². The summed E-state index contributed by atoms with van der Waals surface area (Å²) in [5.41, 5.74) is 0. The number of aromatic hydroxyl groups is 1. The molecule has 3 aromatic carbocycles. The van der Waals surface area contributed by atoms with E-state index in [1.807, 2.05) is 36.4 Å². The number of phenols is 1. The molecule has 3 nitrogen and oxygen atoms in total. The summed E-state index contributed by atoms with van der Waals surface area (Å²) in [6, 6.07) is 22.8. The molecule has 0 aromatic heterocycles. The van der Waals surface area contributed by atoms with Gasteiger partial charge in [0.05, 0.1) is 5.30 Å². The van der Waals surface area contributed by atoms with Crippen LogP contribution >= 0.6 is 7.14 Å². The highest BCUT2D eigenvalue weighted by Crippen LogP contribution is 2.45. The highest BCUT2D eigenvalue weighted by atomic mass is 31.2. The normalized spacial score (nSPS) is 9.43. The van der Waals surface area contributed by atoms with Crippen molar-refractivity contribution in [3.63, 3.8) is 0 Å². The topological polar surface area (TPSA) is 46.5 Å². The van der Waals surface area contributed by atoms with Crippen LogP contribution in [0.5, 0.6) is 11.5 Å². The van der Waals surface area contributed by atoms with Gasteiger partial charge in [-0.15, -0.1) is 6.42 Å². The van der Waals surface area contributed by atoms with E-state index in [9.17, 15) is 9.67 Å². The molecular weight excluding hydrogens is 391 g/mol. The standard InChI is InChI=1S/C26H15O3P/c1-2-3-4-5-6-13-20-29-22-18-19-26(25(27)21-22)30(28,23-14-9-7-10-15-23)24-16-11-8-12-17-24/h1,7-12,14-19,21,27H. The summed E-state index contributed by atoms with van der Waals surface area (Å²) in [6.45, 7) is 0. The Morgan fingerprint density at radius 1 is 0.767 bits per heavy atom. The van der Waals surface area contributed by atoms with Crippen molar-refractivity contribution in [2.45, 2.75) is 0 Å². The maximum Gasteiger partial charge on any atom is 0.174 e. The fourth-order valence-corrected chi connectivity index (χ4v) is 5.49. The first-order valence-corrected chi connectivity index (χ1v) is 10.5. The third-order valence-corrected chi connectivity index (χ3v) is 7.18. The maximum absolute atomic E-state index is 14.3. The lowest BCUT2D eigenvalue weighted by Gasteiger charge is -2.21. The molecule has 3 rings (SSSR count). The van der Waals surface area contributed by atoms with E-state index >= 15 is 0 Å². The molecular formula is C26H15O3P. The maximum atomic E-state index is 14.3. The van der Waals surface area contributed by atoms with Crippen LogP contribution < -0.4 is 20.7 Å². The van der Waals surface area contributed by atoms with Crippen LogP contribution in [0.25, 0.3) is 0 Å². The van der Waals surface area contributed by atoms with E-state index in [0.717, 1.165) is 0 Å². The molecule has 0 heterocycles. The summed E-state index contributed by atoms with van der Waals surface area (Å²) in [5, 5.41) is 12.3. The summed E-state index contributed by atoms with van der Waals surface area (Å²) in [5.74, 6) is 14.5. The number of ether oxygens (including phenoxy) is 1. The molecule has 0 atom stereocenters. The molecule has 0 aliphatic rings. The Morgan fingerprint density at radius 2 is 1.33 bits per heavy atom. The third kappa shape index (κ3) is 4.58. The van der Waals surface area contributed by atoms with Crippen molar-refractivity contribution in [3.8, 4) is 59.6 Å². The zero-order valence-corrected chi connectivity index (χ0v) is 16.7. The minimum atomic E-state index is -3.28. The molecule has 1 N–H and O–H groups in total. The molecule has 142 valence electrons. The van der Waals surface area contributed by atoms with Gasteiger partial charge in [0.15, 0.2) is 7.14 Å². The van der Waals surface area contributed by atoms with E-state index in [2.05, 4.69) is 41.6 Å². The lowest BCUT2D eigenvalue weighted by Crippen LogP contribution is -2.25. The first-order chi connectivity index (χ1) is 14.7. The number of terminal acetylenes is 1. The minimum absolute atomic E-state index is 0.142. The van der Waals surface area contributed by atoms with Crippen molar-refractivity contribution in [1.82, 2.24) is 0 Å². The van der Waals surface area contributed by atoms with Crippen LogP contribution in [0.2, 0.25) is 0 Å². The van der Waals surface area contributed by atoms with Crippen molar-refractivity contribution < 1.29 is 14.4 Å². The van der Waals surface area contributed by atoms with E-state index in [4.69, 9.17) is 11.2 Å². The van der Waals surface area contributed by atoms with Gasteiger partial charge in [-0.2, -0.15) is 0 Å². The average molecular weight is 406 g/mol. The number of hydrogen-bond donors (Lipinski definition) is 1. The van der Waals surface area contributed by atoms with Crippen LogP contribution in [0.4, 0.5) is 0 Å². The van der Waals surface area contributed by atoms with Crippen LogP contribution in [0, 0.1) is 48.1 Å². The monoisotopic (exact) mass is 406 g/mol. The first kappa shape index (κ1) is 20.5. The summed E-state index contributed by atoms with van der Waals surface area (Å²) in [7, 11) is -3.28. The van der Waals surface area contributed by atoms with Crippen LogP contribution in [0.1, 0.15) is 0 Å². The summed E-state index contributed by atoms with van der Waals surface area (Å²) < 4.78 is 19.5. The smallest absolute Gasteiger partial charge is 0.174 e. The lowest BCUT2D eigenvalue weighted by molar-refractivity contribution is 0.468. The largest absolute Gasteiger partial charge is 0.507 e. The summed E-state index contributed by atoms with van der Waals surface area (Å²) >= 11 is 0. The van der Waals surface area contributed by atoms with Crippen molar-refractivity contribution in [2.75, 3.05) is 0 Å². The van der Waals surface area contributed by atoms with Crippen molar-refractivity contribution in [1.29, 1.82) is 0 Å². The Kier molecular flexibility index (Phi) is 6.67. The van der Waals surface area contributed by atoms with Gasteiger partial charge < -0.3 is 14.4 Å². The van der Waals surface area contributed by atoms with Gasteiger partial charge in [-0.1, -0.05) is 60.7 Å². The molecule has 0 fully saturated rings. The number of phenolic OH excluding ortho intramolecular Hbond substituents is 1. The fourth-order valence-electron chi connectivity index (χ4n) is 2.78. The fraction of sp³-hybridized carbons (Fsp3) is 0. The quantitative estimate of drug-likeness (QED) is 0.535. The molecule has 0 unspecified atom stereocenters. The van der Waals surface area contributed by atoms with E-state index in [1.165, 1.54) is 6.07 Å². The molecule has 4 heteroatoms. The molecule has 0 amide bonds. The van der Waals surface area contributed by atoms with Crippen molar-refractivity contribution in [2.24, 2.45) is 0 Å². The predicted octanol–water partition coefficient (Wildman–Crippen LogP) is 3.01. The van der Waals surface area contributed by atoms with E-state index in [0.29, 0.717) is 21.7 Å². The first-order valence-electron chi connectivity index (χ1n) is 8.83. The van der Waals surface area contributed by atoms with Crippen LogP contribution in [0.3, 0.4) is 0 Å². The Labute approximate surface area is 176 Å². The van der Waals surface area contributed by atoms with Gasteiger partial charge in [0, 0.05) is 34.4 Å². The number of benzene rings is 3. The Hall–Kier alpha value is -4.27. The highest BCUT2D eigenvalue weighted by Gasteiger charge is 2.32. The molecule has 3 aromatic rings. The lowest BCUT2D eigenvalue weighted by atomic mass is 10.3. The second kappa shape index (κ2) is 9.78. The van der Waals surface area contributed by atoms with Crippen LogP contribution in [0.15, 0.2) is 78.9 Å². The zero-order chi connectivity index (χ0) is 21.2. The molecule has 0 aliphatic heterocycles. The minimum Gasteiger partial charge on any atom is -0.507 e. The predicted molar refractivity (Wildman–Crippen MR) is 120 cm³/mol. The van der Waals surface area contributed by atoms with Crippen LogP contribution in [-0.4, -0.2) is 5.11 Å². The number of hydrogen-bond acceptors (Lipinski definition) is 3. The highest BCUT2D eigenvalue weighted by molar-refractivity contribution is 7.85. The van der Waals surface area contributed by atoms with Gasteiger partial charge in [0.25, 0.3) is 0 Å². The van der Waals surface area contributed by atoms with E-state index in [-0.39, 0.29) is 5.75 Å². The van der Waals surface area contributed by atoms with Gasteiger partial charge in [-0.05, 0) is 29.9 Å². The molecule has 0 aliphatic carbocycles. The average Bonchev–Trinajstić information content (AvgIpc) is 2.79. The molecule has 0 spiro atoms. The Bertz CT molecular complexity index is 1270. The Morgan fingerprint density at radius 3 is 1.90 bits per heavy atom. The van der Waals surface area contributed by atoms with Gasteiger partial charge >= 0.3 is 0 Å². The SMILES string of the molecule is C#CC#CC#CC#COc1ccc(P(=O)(c2ccccc2)c2ccccc2)c(O)c1. The molecule has 0 radical (unpaired) electrons. The van der Waals surface area contributed by atoms with Gasteiger partial charge in [0.2, 0.25) is 0 Å².